The molecule has 1 aromatic carbocycles. The lowest BCUT2D eigenvalue weighted by molar-refractivity contribution is 0.475. The minimum atomic E-state index is -0.459. The number of anilines is 1. The van der Waals surface area contributed by atoms with E-state index in [0.717, 1.165) is 10.1 Å². The van der Waals surface area contributed by atoms with Gasteiger partial charge in [-0.2, -0.15) is 10.1 Å². The van der Waals surface area contributed by atoms with Gasteiger partial charge in [0.25, 0.3) is 5.56 Å². The minimum absolute atomic E-state index is 0.119. The second-order valence-electron chi connectivity index (χ2n) is 5.67. The fraction of sp³-hybridized carbons (Fsp3) is 0.176. The zero-order valence-electron chi connectivity index (χ0n) is 14.4. The van der Waals surface area contributed by atoms with Gasteiger partial charge in [-0.05, 0) is 29.8 Å². The lowest BCUT2D eigenvalue weighted by Crippen LogP contribution is -2.39. The maximum Gasteiger partial charge on any atom is 0.332 e. The summed E-state index contributed by atoms with van der Waals surface area (Å²) in [6.07, 6.45) is 3.04. The monoisotopic (exact) mass is 354 g/mol. The summed E-state index contributed by atoms with van der Waals surface area (Å²) in [5.41, 5.74) is 3.20. The number of aromatic nitrogens is 4. The van der Waals surface area contributed by atoms with Crippen LogP contribution in [0.5, 0.6) is 5.75 Å². The first kappa shape index (κ1) is 17.2. The molecule has 3 rings (SSSR count). The molecular formula is C17H18N6O3. The number of nitrogens with one attached hydrogen (secondary N) is 1. The molecule has 9 heteroatoms. The van der Waals surface area contributed by atoms with Gasteiger partial charge in [0.15, 0.2) is 11.2 Å². The highest BCUT2D eigenvalue weighted by Gasteiger charge is 2.17. The van der Waals surface area contributed by atoms with Crippen LogP contribution in [0.15, 0.2) is 51.6 Å². The van der Waals surface area contributed by atoms with Crippen LogP contribution in [-0.4, -0.2) is 30.0 Å². The zero-order chi connectivity index (χ0) is 18.8. The van der Waals surface area contributed by atoms with Gasteiger partial charge >= 0.3 is 5.69 Å². The fourth-order valence-corrected chi connectivity index (χ4v) is 2.56. The van der Waals surface area contributed by atoms with E-state index in [0.29, 0.717) is 5.95 Å². The van der Waals surface area contributed by atoms with Gasteiger partial charge in [0.1, 0.15) is 5.75 Å². The molecule has 2 heterocycles. The van der Waals surface area contributed by atoms with Crippen molar-refractivity contribution in [1.29, 1.82) is 0 Å². The Kier molecular flexibility index (Phi) is 4.44. The molecule has 2 N–H and O–H groups in total. The summed E-state index contributed by atoms with van der Waals surface area (Å²) in [7, 11) is 3.22. The Morgan fingerprint density at radius 1 is 1.23 bits per heavy atom. The molecule has 0 saturated carbocycles. The van der Waals surface area contributed by atoms with Crippen LogP contribution in [0.25, 0.3) is 11.2 Å². The quantitative estimate of drug-likeness (QED) is 0.400. The van der Waals surface area contributed by atoms with E-state index in [1.54, 1.807) is 49.1 Å². The molecule has 0 saturated heterocycles. The van der Waals surface area contributed by atoms with Crippen LogP contribution in [0, 0.1) is 0 Å². The number of hydrogen-bond donors (Lipinski definition) is 2. The fourth-order valence-electron chi connectivity index (χ4n) is 2.56. The van der Waals surface area contributed by atoms with Gasteiger partial charge in [-0.1, -0.05) is 6.08 Å². The predicted octanol–water partition coefficient (Wildman–Crippen LogP) is 0.771. The van der Waals surface area contributed by atoms with Gasteiger partial charge in [0, 0.05) is 20.6 Å². The van der Waals surface area contributed by atoms with Crippen LogP contribution < -0.4 is 16.7 Å². The SMILES string of the molecule is C=CCn1c(=O)c2c(nc(N/N=C/c3ccc(O)cc3)n2C)n(C)c1=O. The summed E-state index contributed by atoms with van der Waals surface area (Å²) in [6, 6.07) is 6.50. The number of nitrogens with zero attached hydrogens (tertiary/aromatic N) is 5. The number of imidazole rings is 1. The van der Waals surface area contributed by atoms with Crippen molar-refractivity contribution in [3.8, 4) is 5.75 Å². The van der Waals surface area contributed by atoms with Crippen molar-refractivity contribution in [3.63, 3.8) is 0 Å². The maximum absolute atomic E-state index is 12.6. The average Bonchev–Trinajstić information content (AvgIpc) is 2.95. The molecule has 0 aliphatic rings. The first-order valence-corrected chi connectivity index (χ1v) is 7.79. The minimum Gasteiger partial charge on any atom is -0.508 e. The lowest BCUT2D eigenvalue weighted by Gasteiger charge is -2.06. The molecule has 26 heavy (non-hydrogen) atoms. The molecule has 3 aromatic rings. The molecule has 0 radical (unpaired) electrons. The lowest BCUT2D eigenvalue weighted by atomic mass is 10.2. The van der Waals surface area contributed by atoms with E-state index < -0.39 is 11.2 Å². The summed E-state index contributed by atoms with van der Waals surface area (Å²) in [6.45, 7) is 3.69. The number of rotatable bonds is 5. The number of phenolic OH excluding ortho intramolecular Hbond substituents is 1. The Labute approximate surface area is 148 Å². The highest BCUT2D eigenvalue weighted by Crippen LogP contribution is 2.13. The zero-order valence-corrected chi connectivity index (χ0v) is 14.4. The highest BCUT2D eigenvalue weighted by molar-refractivity contribution is 5.80. The van der Waals surface area contributed by atoms with Crippen molar-refractivity contribution >= 4 is 23.3 Å². The summed E-state index contributed by atoms with van der Waals surface area (Å²) < 4.78 is 3.96. The van der Waals surface area contributed by atoms with Crippen molar-refractivity contribution in [2.24, 2.45) is 19.2 Å². The molecule has 0 fully saturated rings. The molecule has 0 amide bonds. The number of hydrazone groups is 1. The number of fused-ring (bicyclic) bond motifs is 1. The molecule has 0 bridgehead atoms. The Bertz CT molecular complexity index is 1120. The number of aromatic hydroxyl groups is 1. The second-order valence-corrected chi connectivity index (χ2v) is 5.67. The molecule has 0 aliphatic heterocycles. The number of benzene rings is 1. The van der Waals surface area contributed by atoms with Gasteiger partial charge in [0.05, 0.1) is 6.21 Å². The highest BCUT2D eigenvalue weighted by atomic mass is 16.3. The van der Waals surface area contributed by atoms with Gasteiger partial charge in [-0.3, -0.25) is 13.9 Å². The van der Waals surface area contributed by atoms with E-state index in [1.165, 1.54) is 10.6 Å². The van der Waals surface area contributed by atoms with Gasteiger partial charge in [-0.25, -0.2) is 10.2 Å². The van der Waals surface area contributed by atoms with Gasteiger partial charge in [-0.15, -0.1) is 6.58 Å². The number of phenols is 1. The molecule has 134 valence electrons. The smallest absolute Gasteiger partial charge is 0.332 e. The normalized spacial score (nSPS) is 11.3. The number of aryl methyl sites for hydroxylation is 2. The summed E-state index contributed by atoms with van der Waals surface area (Å²) >= 11 is 0. The third-order valence-corrected chi connectivity index (χ3v) is 3.94. The van der Waals surface area contributed by atoms with Gasteiger partial charge < -0.3 is 9.67 Å². The van der Waals surface area contributed by atoms with Crippen LogP contribution in [-0.2, 0) is 20.6 Å². The first-order valence-electron chi connectivity index (χ1n) is 7.79. The van der Waals surface area contributed by atoms with Crippen LogP contribution in [0.4, 0.5) is 5.95 Å². The van der Waals surface area contributed by atoms with Crippen molar-refractivity contribution in [3.05, 3.63) is 63.3 Å². The molecular weight excluding hydrogens is 336 g/mol. The van der Waals surface area contributed by atoms with Crippen molar-refractivity contribution in [2.75, 3.05) is 5.43 Å². The van der Waals surface area contributed by atoms with E-state index in [4.69, 9.17) is 0 Å². The first-order chi connectivity index (χ1) is 12.4. The molecule has 0 spiro atoms. The number of hydrogen-bond acceptors (Lipinski definition) is 6. The van der Waals surface area contributed by atoms with Crippen LogP contribution in [0.2, 0.25) is 0 Å². The standard InChI is InChI=1S/C17H18N6O3/c1-4-9-23-15(25)13-14(22(3)17(23)26)19-16(21(13)2)20-18-10-11-5-7-12(24)8-6-11/h4-8,10,24H,1,9H2,2-3H3,(H,19,20)/b18-10+. The number of allylic oxidation sites excluding steroid dienone is 1. The maximum atomic E-state index is 12.6. The topological polar surface area (TPSA) is 106 Å². The predicted molar refractivity (Wildman–Crippen MR) is 99.7 cm³/mol. The van der Waals surface area contributed by atoms with E-state index >= 15 is 0 Å². The average molecular weight is 354 g/mol. The van der Waals surface area contributed by atoms with Crippen molar-refractivity contribution in [2.45, 2.75) is 6.54 Å². The van der Waals surface area contributed by atoms with Crippen molar-refractivity contribution < 1.29 is 5.11 Å². The third kappa shape index (κ3) is 2.90. The molecule has 9 nitrogen and oxygen atoms in total. The van der Waals surface area contributed by atoms with Crippen LogP contribution >= 0.6 is 0 Å². The molecule has 2 aromatic heterocycles. The summed E-state index contributed by atoms with van der Waals surface area (Å²) in [5.74, 6) is 0.487. The molecule has 0 aliphatic carbocycles. The Morgan fingerprint density at radius 2 is 1.92 bits per heavy atom. The third-order valence-electron chi connectivity index (χ3n) is 3.94. The molecule has 0 atom stereocenters. The summed E-state index contributed by atoms with van der Waals surface area (Å²) in [5, 5.41) is 13.4. The largest absolute Gasteiger partial charge is 0.508 e. The second kappa shape index (κ2) is 6.71. The van der Waals surface area contributed by atoms with Gasteiger partial charge in [0.2, 0.25) is 5.95 Å². The Hall–Kier alpha value is -3.62. The van der Waals surface area contributed by atoms with E-state index in [2.05, 4.69) is 22.1 Å². The van der Waals surface area contributed by atoms with Crippen LogP contribution in [0.1, 0.15) is 5.56 Å². The molecule has 0 unspecified atom stereocenters. The van der Waals surface area contributed by atoms with E-state index in [1.807, 2.05) is 0 Å². The van der Waals surface area contributed by atoms with E-state index in [-0.39, 0.29) is 23.5 Å². The van der Waals surface area contributed by atoms with Crippen molar-refractivity contribution in [1.82, 2.24) is 18.7 Å². The Morgan fingerprint density at radius 3 is 2.58 bits per heavy atom. The van der Waals surface area contributed by atoms with E-state index in [9.17, 15) is 14.7 Å². The summed E-state index contributed by atoms with van der Waals surface area (Å²) in [4.78, 5) is 29.2. The van der Waals surface area contributed by atoms with Crippen LogP contribution in [0.3, 0.4) is 0 Å². The Balaban J connectivity index is 2.01.